The van der Waals surface area contributed by atoms with Crippen LogP contribution in [0.5, 0.6) is 0 Å². The number of fused-ring (bicyclic) bond motifs is 2. The molecule has 9 rings (SSSR count). The van der Waals surface area contributed by atoms with Crippen LogP contribution in [0.4, 0.5) is 17.1 Å². The molecule has 0 radical (unpaired) electrons. The summed E-state index contributed by atoms with van der Waals surface area (Å²) in [5, 5.41) is 3.61. The third kappa shape index (κ3) is 6.18. The summed E-state index contributed by atoms with van der Waals surface area (Å²) in [6, 6.07) is 20.4. The van der Waals surface area contributed by atoms with Gasteiger partial charge in [-0.1, -0.05) is 163 Å². The lowest BCUT2D eigenvalue weighted by Gasteiger charge is -2.26. The van der Waals surface area contributed by atoms with Gasteiger partial charge in [0.2, 0.25) is 0 Å². The number of hydrogen-bond acceptors (Lipinski definition) is 1. The maximum atomic E-state index is 9.54. The highest BCUT2D eigenvalue weighted by Gasteiger charge is 2.15. The molecule has 0 aliphatic carbocycles. The van der Waals surface area contributed by atoms with Crippen molar-refractivity contribution in [2.45, 2.75) is 0 Å². The van der Waals surface area contributed by atoms with E-state index in [0.29, 0.717) is 11.1 Å². The maximum absolute atomic E-state index is 9.54. The Morgan fingerprint density at radius 1 is 0.275 bits per heavy atom. The zero-order valence-electron chi connectivity index (χ0n) is 43.8. The Hall–Kier alpha value is -6.70. The molecule has 0 aromatic heterocycles. The fraction of sp³-hybridized carbons (Fsp3) is 0. The molecular weight excluding hydrogens is 615 g/mol. The molecule has 0 unspecified atom stereocenters. The molecule has 1 heteroatoms. The van der Waals surface area contributed by atoms with Gasteiger partial charge in [0, 0.05) is 17.1 Å². The van der Waals surface area contributed by atoms with Gasteiger partial charge < -0.3 is 4.90 Å². The third-order valence-electron chi connectivity index (χ3n) is 8.52. The van der Waals surface area contributed by atoms with Crippen LogP contribution in [0, 0.1) is 0 Å². The lowest BCUT2D eigenvalue weighted by Crippen LogP contribution is -2.10. The van der Waals surface area contributed by atoms with Crippen molar-refractivity contribution in [1.29, 1.82) is 0 Å². The van der Waals surface area contributed by atoms with Crippen LogP contribution in [0.3, 0.4) is 0 Å². The topological polar surface area (TPSA) is 3.24 Å². The first-order valence-electron chi connectivity index (χ1n) is 24.6. The van der Waals surface area contributed by atoms with Gasteiger partial charge in [-0.3, -0.25) is 0 Å². The average molecular weight is 667 g/mol. The van der Waals surface area contributed by atoms with E-state index in [-0.39, 0.29) is 11.3 Å². The molecule has 0 spiro atoms. The molecule has 0 bridgehead atoms. The normalized spacial score (nSPS) is 15.8. The van der Waals surface area contributed by atoms with E-state index in [1.807, 2.05) is 72.8 Å². The van der Waals surface area contributed by atoms with Crippen LogP contribution < -0.4 is 4.90 Å². The van der Waals surface area contributed by atoms with Crippen molar-refractivity contribution in [3.05, 3.63) is 212 Å². The number of anilines is 3. The van der Waals surface area contributed by atoms with Gasteiger partial charge >= 0.3 is 0 Å². The van der Waals surface area contributed by atoms with E-state index in [2.05, 4.69) is 0 Å². The average Bonchev–Trinajstić information content (AvgIpc) is 3.34. The second-order valence-electron chi connectivity index (χ2n) is 11.7. The van der Waals surface area contributed by atoms with E-state index in [1.165, 1.54) is 0 Å². The molecule has 0 aliphatic rings. The summed E-state index contributed by atoms with van der Waals surface area (Å²) in [6.45, 7) is 0. The van der Waals surface area contributed by atoms with Gasteiger partial charge in [-0.2, -0.15) is 0 Å². The van der Waals surface area contributed by atoms with Crippen molar-refractivity contribution in [3.63, 3.8) is 0 Å². The van der Waals surface area contributed by atoms with E-state index in [4.69, 9.17) is 12.3 Å². The highest BCUT2D eigenvalue weighted by atomic mass is 15.1. The summed E-state index contributed by atoms with van der Waals surface area (Å²) in [5.41, 5.74) is -1.53. The molecule has 240 valence electrons. The molecule has 0 amide bonds. The van der Waals surface area contributed by atoms with Crippen LogP contribution in [0.1, 0.15) is 23.3 Å². The van der Waals surface area contributed by atoms with Crippen molar-refractivity contribution in [2.75, 3.05) is 4.90 Å². The lowest BCUT2D eigenvalue weighted by molar-refractivity contribution is 1.28. The number of nitrogens with zero attached hydrogens (tertiary/aromatic N) is 1. The molecule has 0 saturated heterocycles. The zero-order valence-corrected chi connectivity index (χ0v) is 26.8. The molecule has 51 heavy (non-hydrogen) atoms. The predicted molar refractivity (Wildman–Crippen MR) is 218 cm³/mol. The van der Waals surface area contributed by atoms with E-state index in [0.717, 1.165) is 32.0 Å². The molecule has 0 N–H and O–H groups in total. The van der Waals surface area contributed by atoms with Crippen LogP contribution in [-0.4, -0.2) is 0 Å². The quantitative estimate of drug-likeness (QED) is 0.164. The van der Waals surface area contributed by atoms with Crippen LogP contribution in [0.25, 0.3) is 66.1 Å². The fourth-order valence-electron chi connectivity index (χ4n) is 5.95. The van der Waals surface area contributed by atoms with Crippen molar-refractivity contribution >= 4 is 38.6 Å². The summed E-state index contributed by atoms with van der Waals surface area (Å²) >= 11 is 0. The van der Waals surface area contributed by atoms with Crippen molar-refractivity contribution in [3.8, 4) is 44.5 Å². The Labute approximate surface area is 323 Å². The standard InChI is InChI=1S/C50H35N/c1-2-9-36(10-3-1)39-17-19-40(20-18-39)41-25-29-48(30-26-41)51(49-31-27-42(28-32-49)46-23-21-37-11-4-6-13-43(37)33-46)50-16-8-15-45(35-50)47-24-22-38-12-5-7-14-44(38)34-47/h1-35H/i1D,2D,3D,9D,10D,17D,18D,19D,20D,25D,26D,27D,28D,29D,30D,31D,32D. The first-order valence-corrected chi connectivity index (χ1v) is 16.1. The number of benzene rings is 9. The largest absolute Gasteiger partial charge is 0.310 e. The second-order valence-corrected chi connectivity index (χ2v) is 11.7. The fourth-order valence-corrected chi connectivity index (χ4v) is 5.95. The van der Waals surface area contributed by atoms with Gasteiger partial charge in [0.15, 0.2) is 0 Å². The summed E-state index contributed by atoms with van der Waals surface area (Å²) in [4.78, 5) is 1.14. The first-order chi connectivity index (χ1) is 32.3. The van der Waals surface area contributed by atoms with Gasteiger partial charge in [0.05, 0.1) is 23.3 Å². The Morgan fingerprint density at radius 3 is 1.22 bits per heavy atom. The summed E-state index contributed by atoms with van der Waals surface area (Å²) in [7, 11) is 0. The van der Waals surface area contributed by atoms with Crippen LogP contribution in [0.15, 0.2) is 212 Å². The highest BCUT2D eigenvalue weighted by Crippen LogP contribution is 2.39. The van der Waals surface area contributed by atoms with Crippen molar-refractivity contribution in [2.24, 2.45) is 0 Å². The van der Waals surface area contributed by atoms with Crippen molar-refractivity contribution < 1.29 is 23.3 Å². The van der Waals surface area contributed by atoms with E-state index in [9.17, 15) is 11.0 Å². The SMILES string of the molecule is [2H]c1c([2H])c([2H])c(-c2c([2H])c([2H])c(-c3c([2H])c([2H])c(N(c4cccc(-c5ccc6ccccc6c5)c4)c4c([2H])c([2H])c(-c5ccc6ccccc6c5)c([2H])c4[2H])c([2H])c3[2H])c([2H])c2[2H])c([2H])c1[2H]. The molecule has 0 heterocycles. The summed E-state index contributed by atoms with van der Waals surface area (Å²) in [6.07, 6.45) is 0. The maximum Gasteiger partial charge on any atom is 0.0645 e. The first kappa shape index (κ1) is 17.3. The summed E-state index contributed by atoms with van der Waals surface area (Å²) < 4.78 is 153. The highest BCUT2D eigenvalue weighted by molar-refractivity contribution is 5.90. The van der Waals surface area contributed by atoms with E-state index < -0.39 is 136 Å². The minimum absolute atomic E-state index is 0.00956. The predicted octanol–water partition coefficient (Wildman–Crippen LogP) is 14.1. The minimum atomic E-state index is -0.870. The molecule has 0 saturated carbocycles. The monoisotopic (exact) mass is 666 g/mol. The van der Waals surface area contributed by atoms with Crippen LogP contribution in [0.2, 0.25) is 0 Å². The Bertz CT molecular complexity index is 3510. The van der Waals surface area contributed by atoms with Crippen LogP contribution >= 0.6 is 0 Å². The molecular formula is C50H35N. The number of rotatable bonds is 7. The van der Waals surface area contributed by atoms with Crippen LogP contribution in [-0.2, 0) is 0 Å². The molecule has 0 atom stereocenters. The second kappa shape index (κ2) is 13.3. The lowest BCUT2D eigenvalue weighted by atomic mass is 9.99. The van der Waals surface area contributed by atoms with E-state index >= 15 is 0 Å². The molecule has 9 aromatic rings. The van der Waals surface area contributed by atoms with Gasteiger partial charge in [0.25, 0.3) is 0 Å². The van der Waals surface area contributed by atoms with Gasteiger partial charge in [-0.15, -0.1) is 0 Å². The molecule has 0 aliphatic heterocycles. The van der Waals surface area contributed by atoms with Gasteiger partial charge in [-0.25, -0.2) is 0 Å². The van der Waals surface area contributed by atoms with E-state index in [1.54, 1.807) is 36.4 Å². The minimum Gasteiger partial charge on any atom is -0.310 e. The Balaban J connectivity index is 1.30. The molecule has 1 nitrogen and oxygen atoms in total. The Kier molecular flexibility index (Phi) is 4.51. The van der Waals surface area contributed by atoms with Crippen molar-refractivity contribution in [1.82, 2.24) is 0 Å². The zero-order chi connectivity index (χ0) is 48.8. The number of hydrogen-bond donors (Lipinski definition) is 0. The smallest absolute Gasteiger partial charge is 0.0645 e. The van der Waals surface area contributed by atoms with Gasteiger partial charge in [-0.05, 0) is 114 Å². The molecule has 0 fully saturated rings. The Morgan fingerprint density at radius 2 is 0.686 bits per heavy atom. The molecule has 9 aromatic carbocycles. The third-order valence-corrected chi connectivity index (χ3v) is 8.52. The summed E-state index contributed by atoms with van der Waals surface area (Å²) in [5.74, 6) is 0. The van der Waals surface area contributed by atoms with Gasteiger partial charge in [0.1, 0.15) is 0 Å².